The fourth-order valence-corrected chi connectivity index (χ4v) is 2.00. The highest BCUT2D eigenvalue weighted by Gasteiger charge is 2.39. The van der Waals surface area contributed by atoms with Crippen molar-refractivity contribution in [3.05, 3.63) is 29.3 Å². The highest BCUT2D eigenvalue weighted by molar-refractivity contribution is 5.88. The van der Waals surface area contributed by atoms with Gasteiger partial charge in [-0.15, -0.1) is 0 Å². The SMILES string of the molecule is CC(=O)C1CNc2cccc(C(F)(F)F)c21. The van der Waals surface area contributed by atoms with Crippen LogP contribution < -0.4 is 5.32 Å². The zero-order valence-corrected chi connectivity index (χ0v) is 8.56. The van der Waals surface area contributed by atoms with Crippen molar-refractivity contribution in [3.8, 4) is 0 Å². The molecule has 1 atom stereocenters. The standard InChI is InChI=1S/C11H10F3NO/c1-6(16)7-5-15-9-4-2-3-8(10(7)9)11(12,13)14/h2-4,7,15H,5H2,1H3. The highest BCUT2D eigenvalue weighted by atomic mass is 19.4. The number of rotatable bonds is 1. The predicted molar refractivity (Wildman–Crippen MR) is 53.4 cm³/mol. The number of alkyl halides is 3. The number of hydrogen-bond donors (Lipinski definition) is 1. The Balaban J connectivity index is 2.58. The molecule has 1 aromatic rings. The molecule has 1 aliphatic heterocycles. The van der Waals surface area contributed by atoms with Crippen LogP contribution in [0.5, 0.6) is 0 Å². The number of hydrogen-bond acceptors (Lipinski definition) is 2. The van der Waals surface area contributed by atoms with Gasteiger partial charge in [0.25, 0.3) is 0 Å². The summed E-state index contributed by atoms with van der Waals surface area (Å²) in [6.45, 7) is 1.56. The summed E-state index contributed by atoms with van der Waals surface area (Å²) in [5.74, 6) is -0.934. The topological polar surface area (TPSA) is 29.1 Å². The van der Waals surface area contributed by atoms with Gasteiger partial charge >= 0.3 is 6.18 Å². The van der Waals surface area contributed by atoms with Crippen molar-refractivity contribution in [2.24, 2.45) is 0 Å². The largest absolute Gasteiger partial charge is 0.416 e. The Kier molecular flexibility index (Phi) is 2.40. The van der Waals surface area contributed by atoms with Gasteiger partial charge in [0, 0.05) is 12.2 Å². The zero-order chi connectivity index (χ0) is 11.9. The third-order valence-corrected chi connectivity index (χ3v) is 2.75. The molecular weight excluding hydrogens is 219 g/mol. The monoisotopic (exact) mass is 229 g/mol. The Labute approximate surface area is 90.5 Å². The lowest BCUT2D eigenvalue weighted by atomic mass is 9.93. The molecule has 0 aromatic heterocycles. The third kappa shape index (κ3) is 1.66. The third-order valence-electron chi connectivity index (χ3n) is 2.75. The molecular formula is C11H10F3NO. The molecule has 86 valence electrons. The van der Waals surface area contributed by atoms with E-state index in [0.717, 1.165) is 6.07 Å². The van der Waals surface area contributed by atoms with Gasteiger partial charge in [-0.2, -0.15) is 13.2 Å². The summed E-state index contributed by atoms with van der Waals surface area (Å²) in [7, 11) is 0. The van der Waals surface area contributed by atoms with Crippen LogP contribution in [0.15, 0.2) is 18.2 Å². The van der Waals surface area contributed by atoms with Crippen LogP contribution >= 0.6 is 0 Å². The average Bonchev–Trinajstić information content (AvgIpc) is 2.58. The molecule has 0 spiro atoms. The molecule has 0 saturated heterocycles. The Morgan fingerprint density at radius 3 is 2.69 bits per heavy atom. The zero-order valence-electron chi connectivity index (χ0n) is 8.56. The molecule has 0 aliphatic carbocycles. The Bertz CT molecular complexity index is 439. The molecule has 0 amide bonds. The summed E-state index contributed by atoms with van der Waals surface area (Å²) in [6.07, 6.45) is -4.41. The molecule has 5 heteroatoms. The van der Waals surface area contributed by atoms with Gasteiger partial charge in [-0.25, -0.2) is 0 Å². The van der Waals surface area contributed by atoms with E-state index in [-0.39, 0.29) is 17.9 Å². The first-order valence-electron chi connectivity index (χ1n) is 4.85. The summed E-state index contributed by atoms with van der Waals surface area (Å²) in [5.41, 5.74) is -0.215. The lowest BCUT2D eigenvalue weighted by Gasteiger charge is -2.14. The van der Waals surface area contributed by atoms with Gasteiger partial charge in [0.1, 0.15) is 5.78 Å². The molecule has 2 rings (SSSR count). The second-order valence-corrected chi connectivity index (χ2v) is 3.81. The van der Waals surface area contributed by atoms with E-state index < -0.39 is 17.7 Å². The minimum Gasteiger partial charge on any atom is -0.384 e. The number of fused-ring (bicyclic) bond motifs is 1. The first-order valence-corrected chi connectivity index (χ1v) is 4.85. The van der Waals surface area contributed by atoms with Crippen molar-refractivity contribution in [1.29, 1.82) is 0 Å². The van der Waals surface area contributed by atoms with Crippen LogP contribution in [-0.2, 0) is 11.0 Å². The normalized spacial score (nSPS) is 19.1. The van der Waals surface area contributed by atoms with Crippen molar-refractivity contribution in [1.82, 2.24) is 0 Å². The van der Waals surface area contributed by atoms with E-state index in [1.165, 1.54) is 13.0 Å². The minimum absolute atomic E-state index is 0.0856. The second kappa shape index (κ2) is 3.50. The van der Waals surface area contributed by atoms with Crippen molar-refractivity contribution in [2.75, 3.05) is 11.9 Å². The molecule has 2 nitrogen and oxygen atoms in total. The fraction of sp³-hybridized carbons (Fsp3) is 0.364. The minimum atomic E-state index is -4.41. The molecule has 0 bridgehead atoms. The maximum absolute atomic E-state index is 12.7. The van der Waals surface area contributed by atoms with Gasteiger partial charge in [-0.05, 0) is 24.6 Å². The molecule has 0 fully saturated rings. The Morgan fingerprint density at radius 1 is 1.44 bits per heavy atom. The molecule has 1 aliphatic rings. The van der Waals surface area contributed by atoms with Gasteiger partial charge in [-0.3, -0.25) is 4.79 Å². The summed E-state index contributed by atoms with van der Waals surface area (Å²) < 4.78 is 38.2. The number of halogens is 3. The lowest BCUT2D eigenvalue weighted by Crippen LogP contribution is -2.15. The summed E-state index contributed by atoms with van der Waals surface area (Å²) in [5, 5.41) is 2.82. The van der Waals surface area contributed by atoms with E-state index in [9.17, 15) is 18.0 Å². The van der Waals surface area contributed by atoms with E-state index in [1.807, 2.05) is 0 Å². The molecule has 1 heterocycles. The van der Waals surface area contributed by atoms with E-state index in [1.54, 1.807) is 6.07 Å². The van der Waals surface area contributed by atoms with Gasteiger partial charge in [0.05, 0.1) is 11.5 Å². The lowest BCUT2D eigenvalue weighted by molar-refractivity contribution is -0.138. The predicted octanol–water partition coefficient (Wildman–Crippen LogP) is 2.80. The quantitative estimate of drug-likeness (QED) is 0.802. The van der Waals surface area contributed by atoms with Crippen LogP contribution in [0.25, 0.3) is 0 Å². The van der Waals surface area contributed by atoms with Crippen molar-refractivity contribution in [2.45, 2.75) is 19.0 Å². The first-order chi connectivity index (χ1) is 7.41. The smallest absolute Gasteiger partial charge is 0.384 e. The van der Waals surface area contributed by atoms with E-state index >= 15 is 0 Å². The van der Waals surface area contributed by atoms with E-state index in [0.29, 0.717) is 5.69 Å². The van der Waals surface area contributed by atoms with Gasteiger partial charge in [0.15, 0.2) is 0 Å². The van der Waals surface area contributed by atoms with E-state index in [4.69, 9.17) is 0 Å². The highest BCUT2D eigenvalue weighted by Crippen LogP contribution is 2.42. The number of benzene rings is 1. The number of ketones is 1. The molecule has 0 radical (unpaired) electrons. The molecule has 0 saturated carbocycles. The van der Waals surface area contributed by atoms with Crippen LogP contribution in [0, 0.1) is 0 Å². The van der Waals surface area contributed by atoms with Crippen LogP contribution in [0.3, 0.4) is 0 Å². The van der Waals surface area contributed by atoms with Crippen LogP contribution in [-0.4, -0.2) is 12.3 Å². The van der Waals surface area contributed by atoms with Crippen LogP contribution in [0.4, 0.5) is 18.9 Å². The van der Waals surface area contributed by atoms with Crippen LogP contribution in [0.2, 0.25) is 0 Å². The molecule has 1 N–H and O–H groups in total. The maximum Gasteiger partial charge on any atom is 0.416 e. The van der Waals surface area contributed by atoms with E-state index in [2.05, 4.69) is 5.32 Å². The van der Waals surface area contributed by atoms with Gasteiger partial charge in [-0.1, -0.05) is 6.07 Å². The fourth-order valence-electron chi connectivity index (χ4n) is 2.00. The number of carbonyl (C=O) groups excluding carboxylic acids is 1. The maximum atomic E-state index is 12.7. The summed E-state index contributed by atoms with van der Waals surface area (Å²) in [6, 6.07) is 3.92. The molecule has 16 heavy (non-hydrogen) atoms. The summed E-state index contributed by atoms with van der Waals surface area (Å²) >= 11 is 0. The Morgan fingerprint density at radius 2 is 2.12 bits per heavy atom. The van der Waals surface area contributed by atoms with Crippen molar-refractivity contribution >= 4 is 11.5 Å². The summed E-state index contributed by atoms with van der Waals surface area (Å²) in [4.78, 5) is 11.3. The number of nitrogens with one attached hydrogen (secondary N) is 1. The van der Waals surface area contributed by atoms with Gasteiger partial charge < -0.3 is 5.32 Å². The average molecular weight is 229 g/mol. The first kappa shape index (κ1) is 11.0. The Hall–Kier alpha value is -1.52. The second-order valence-electron chi connectivity index (χ2n) is 3.81. The van der Waals surface area contributed by atoms with Crippen molar-refractivity contribution < 1.29 is 18.0 Å². The number of anilines is 1. The van der Waals surface area contributed by atoms with Crippen molar-refractivity contribution in [3.63, 3.8) is 0 Å². The molecule has 1 aromatic carbocycles. The van der Waals surface area contributed by atoms with Gasteiger partial charge in [0.2, 0.25) is 0 Å². The number of carbonyl (C=O) groups is 1. The van der Waals surface area contributed by atoms with Crippen LogP contribution in [0.1, 0.15) is 24.0 Å². The molecule has 1 unspecified atom stereocenters. The number of Topliss-reactive ketones (excluding diaryl/α,β-unsaturated/α-hetero) is 1.